The first kappa shape index (κ1) is 11.2. The Morgan fingerprint density at radius 1 is 1.31 bits per heavy atom. The second-order valence-corrected chi connectivity index (χ2v) is 4.34. The van der Waals surface area contributed by atoms with Crippen molar-refractivity contribution in [3.05, 3.63) is 46.0 Å². The first-order valence-electron chi connectivity index (χ1n) is 4.50. The van der Waals surface area contributed by atoms with E-state index in [4.69, 9.17) is 22.1 Å². The largest absolute Gasteiger partial charge is 0.438 e. The number of anilines is 1. The molecule has 16 heavy (non-hydrogen) atoms. The third-order valence-corrected chi connectivity index (χ3v) is 2.84. The van der Waals surface area contributed by atoms with Crippen LogP contribution in [-0.2, 0) is 0 Å². The van der Waals surface area contributed by atoms with Gasteiger partial charge in [-0.2, -0.15) is 0 Å². The van der Waals surface area contributed by atoms with Crippen molar-refractivity contribution in [1.29, 1.82) is 0 Å². The number of halogens is 2. The molecule has 2 N–H and O–H groups in total. The smallest absolute Gasteiger partial charge is 0.233 e. The van der Waals surface area contributed by atoms with Crippen molar-refractivity contribution < 1.29 is 4.74 Å². The minimum Gasteiger partial charge on any atom is -0.438 e. The number of hydrogen-bond donors (Lipinski definition) is 1. The molecular weight excluding hydrogens is 291 g/mol. The molecule has 1 aromatic carbocycles. The van der Waals surface area contributed by atoms with E-state index in [0.717, 1.165) is 4.47 Å². The van der Waals surface area contributed by atoms with Crippen molar-refractivity contribution in [3.8, 4) is 11.6 Å². The summed E-state index contributed by atoms with van der Waals surface area (Å²) in [6.45, 7) is 0. The molecule has 82 valence electrons. The predicted octanol–water partition coefficient (Wildman–Crippen LogP) is 3.87. The Kier molecular flexibility index (Phi) is 3.31. The fourth-order valence-corrected chi connectivity index (χ4v) is 1.64. The molecule has 0 unspecified atom stereocenters. The second kappa shape index (κ2) is 4.72. The van der Waals surface area contributed by atoms with Gasteiger partial charge in [-0.3, -0.25) is 0 Å². The van der Waals surface area contributed by atoms with Crippen LogP contribution in [0, 0.1) is 0 Å². The van der Waals surface area contributed by atoms with Gasteiger partial charge in [-0.25, -0.2) is 4.98 Å². The highest BCUT2D eigenvalue weighted by Crippen LogP contribution is 2.30. The van der Waals surface area contributed by atoms with E-state index in [0.29, 0.717) is 22.3 Å². The topological polar surface area (TPSA) is 48.1 Å². The maximum atomic E-state index is 5.88. The molecule has 3 nitrogen and oxygen atoms in total. The van der Waals surface area contributed by atoms with Crippen molar-refractivity contribution in [3.63, 3.8) is 0 Å². The molecule has 0 aliphatic carbocycles. The van der Waals surface area contributed by atoms with Gasteiger partial charge in [0.05, 0.1) is 15.2 Å². The summed E-state index contributed by atoms with van der Waals surface area (Å²) in [5, 5.41) is 0.463. The number of benzene rings is 1. The normalized spacial score (nSPS) is 10.1. The number of hydrogen-bond acceptors (Lipinski definition) is 3. The van der Waals surface area contributed by atoms with E-state index >= 15 is 0 Å². The van der Waals surface area contributed by atoms with Gasteiger partial charge in [0, 0.05) is 12.3 Å². The zero-order valence-electron chi connectivity index (χ0n) is 8.15. The lowest BCUT2D eigenvalue weighted by Gasteiger charge is -2.07. The summed E-state index contributed by atoms with van der Waals surface area (Å²) in [7, 11) is 0. The summed E-state index contributed by atoms with van der Waals surface area (Å²) in [5.41, 5.74) is 6.12. The van der Waals surface area contributed by atoms with Crippen molar-refractivity contribution in [2.24, 2.45) is 0 Å². The van der Waals surface area contributed by atoms with Crippen LogP contribution in [-0.4, -0.2) is 4.98 Å². The van der Waals surface area contributed by atoms with E-state index in [2.05, 4.69) is 20.9 Å². The molecular formula is C11H8BrClN2O. The number of aromatic nitrogens is 1. The van der Waals surface area contributed by atoms with Crippen LogP contribution in [0.5, 0.6) is 11.6 Å². The number of rotatable bonds is 2. The van der Waals surface area contributed by atoms with E-state index in [9.17, 15) is 0 Å². The Bertz CT molecular complexity index is 519. The highest BCUT2D eigenvalue weighted by atomic mass is 79.9. The van der Waals surface area contributed by atoms with Gasteiger partial charge in [-0.1, -0.05) is 11.6 Å². The first-order chi connectivity index (χ1) is 7.66. The zero-order valence-corrected chi connectivity index (χ0v) is 10.5. The standard InChI is InChI=1S/C11H8BrClN2O/c12-8-2-1-5-15-11(8)16-7-3-4-10(14)9(13)6-7/h1-6H,14H2. The van der Waals surface area contributed by atoms with E-state index < -0.39 is 0 Å². The maximum absolute atomic E-state index is 5.88. The molecule has 2 aromatic rings. The van der Waals surface area contributed by atoms with E-state index in [-0.39, 0.29) is 0 Å². The fourth-order valence-electron chi connectivity index (χ4n) is 1.13. The highest BCUT2D eigenvalue weighted by molar-refractivity contribution is 9.10. The first-order valence-corrected chi connectivity index (χ1v) is 5.67. The lowest BCUT2D eigenvalue weighted by atomic mass is 10.3. The summed E-state index contributed by atoms with van der Waals surface area (Å²) in [4.78, 5) is 4.08. The minimum absolute atomic E-state index is 0.463. The van der Waals surface area contributed by atoms with Crippen LogP contribution in [0.25, 0.3) is 0 Å². The van der Waals surface area contributed by atoms with Gasteiger partial charge in [0.1, 0.15) is 5.75 Å². The van der Waals surface area contributed by atoms with Crippen LogP contribution >= 0.6 is 27.5 Å². The van der Waals surface area contributed by atoms with Gasteiger partial charge in [0.15, 0.2) is 0 Å². The van der Waals surface area contributed by atoms with E-state index in [1.807, 2.05) is 12.1 Å². The molecule has 0 atom stereocenters. The fraction of sp³-hybridized carbons (Fsp3) is 0. The van der Waals surface area contributed by atoms with E-state index in [1.165, 1.54) is 0 Å². The minimum atomic E-state index is 0.463. The van der Waals surface area contributed by atoms with Crippen LogP contribution < -0.4 is 10.5 Å². The number of nitrogens with zero attached hydrogens (tertiary/aromatic N) is 1. The molecule has 0 saturated heterocycles. The molecule has 0 saturated carbocycles. The third kappa shape index (κ3) is 2.46. The molecule has 0 radical (unpaired) electrons. The molecule has 0 bridgehead atoms. The zero-order chi connectivity index (χ0) is 11.5. The summed E-state index contributed by atoms with van der Waals surface area (Å²) in [6, 6.07) is 8.74. The van der Waals surface area contributed by atoms with Crippen molar-refractivity contribution >= 4 is 33.2 Å². The number of ether oxygens (including phenoxy) is 1. The molecule has 0 aliphatic rings. The predicted molar refractivity (Wildman–Crippen MR) is 67.9 cm³/mol. The maximum Gasteiger partial charge on any atom is 0.233 e. The van der Waals surface area contributed by atoms with Gasteiger partial charge in [-0.15, -0.1) is 0 Å². The molecule has 1 aromatic heterocycles. The second-order valence-electron chi connectivity index (χ2n) is 3.08. The number of pyridine rings is 1. The van der Waals surface area contributed by atoms with Gasteiger partial charge in [0.25, 0.3) is 0 Å². The van der Waals surface area contributed by atoms with Crippen molar-refractivity contribution in [2.75, 3.05) is 5.73 Å². The molecule has 0 fully saturated rings. The Hall–Kier alpha value is -1.26. The SMILES string of the molecule is Nc1ccc(Oc2ncccc2Br)cc1Cl. The Balaban J connectivity index is 2.28. The van der Waals surface area contributed by atoms with Gasteiger partial charge in [0.2, 0.25) is 5.88 Å². The van der Waals surface area contributed by atoms with Gasteiger partial charge >= 0.3 is 0 Å². The lowest BCUT2D eigenvalue weighted by Crippen LogP contribution is -1.90. The summed E-state index contributed by atoms with van der Waals surface area (Å²) >= 11 is 9.22. The Morgan fingerprint density at radius 3 is 2.81 bits per heavy atom. The number of nitrogen functional groups attached to an aromatic ring is 1. The summed E-state index contributed by atoms with van der Waals surface area (Å²) in [6.07, 6.45) is 1.65. The average molecular weight is 300 g/mol. The van der Waals surface area contributed by atoms with E-state index in [1.54, 1.807) is 24.4 Å². The molecule has 0 amide bonds. The quantitative estimate of drug-likeness (QED) is 0.856. The van der Waals surface area contributed by atoms with Crippen molar-refractivity contribution in [1.82, 2.24) is 4.98 Å². The van der Waals surface area contributed by atoms with Crippen LogP contribution in [0.4, 0.5) is 5.69 Å². The Labute approximate surface area is 106 Å². The van der Waals surface area contributed by atoms with Crippen LogP contribution in [0.1, 0.15) is 0 Å². The summed E-state index contributed by atoms with van der Waals surface area (Å²) in [5.74, 6) is 1.09. The van der Waals surface area contributed by atoms with Crippen LogP contribution in [0.15, 0.2) is 41.0 Å². The summed E-state index contributed by atoms with van der Waals surface area (Å²) < 4.78 is 6.33. The van der Waals surface area contributed by atoms with Crippen LogP contribution in [0.2, 0.25) is 5.02 Å². The van der Waals surface area contributed by atoms with Gasteiger partial charge in [-0.05, 0) is 40.2 Å². The van der Waals surface area contributed by atoms with Crippen molar-refractivity contribution in [2.45, 2.75) is 0 Å². The molecule has 2 rings (SSSR count). The molecule has 0 spiro atoms. The molecule has 1 heterocycles. The number of nitrogens with two attached hydrogens (primary N) is 1. The van der Waals surface area contributed by atoms with Crippen LogP contribution in [0.3, 0.4) is 0 Å². The van der Waals surface area contributed by atoms with Gasteiger partial charge < -0.3 is 10.5 Å². The average Bonchev–Trinajstić information content (AvgIpc) is 2.27. The monoisotopic (exact) mass is 298 g/mol. The third-order valence-electron chi connectivity index (χ3n) is 1.91. The highest BCUT2D eigenvalue weighted by Gasteiger charge is 2.04. The molecule has 5 heteroatoms. The molecule has 0 aliphatic heterocycles. The lowest BCUT2D eigenvalue weighted by molar-refractivity contribution is 0.460. The Morgan fingerprint density at radius 2 is 2.12 bits per heavy atom.